The Balaban J connectivity index is 1.43. The highest BCUT2D eigenvalue weighted by Gasteiger charge is 2.48. The van der Waals surface area contributed by atoms with E-state index >= 15 is 0 Å². The third-order valence-corrected chi connectivity index (χ3v) is 6.16. The van der Waals surface area contributed by atoms with Crippen molar-refractivity contribution in [3.05, 3.63) is 11.6 Å². The van der Waals surface area contributed by atoms with Gasteiger partial charge in [-0.15, -0.1) is 0 Å². The quantitative estimate of drug-likeness (QED) is 0.744. The average molecular weight is 245 g/mol. The van der Waals surface area contributed by atoms with Gasteiger partial charge in [0, 0.05) is 12.6 Å². The standard InChI is InChI=1S/C17H27N/c1-11(4-5-18-16-2-3-16)17-14-7-12-6-13(9-14)10-15(17)8-12/h4,12-18H,2-3,5-10H2,1H3/b11-4+. The SMILES string of the molecule is C/C(=C\CNC1CC1)C1C2CC3CC(C2)CC1C3. The summed E-state index contributed by atoms with van der Waals surface area (Å²) in [6, 6.07) is 0.854. The van der Waals surface area contributed by atoms with Gasteiger partial charge in [-0.2, -0.15) is 0 Å². The molecule has 0 aromatic carbocycles. The molecule has 0 aromatic rings. The second-order valence-electron chi connectivity index (χ2n) is 7.59. The lowest BCUT2D eigenvalue weighted by Crippen LogP contribution is -2.45. The molecule has 0 atom stereocenters. The van der Waals surface area contributed by atoms with Crippen LogP contribution in [0.1, 0.15) is 51.9 Å². The molecule has 0 unspecified atom stereocenters. The van der Waals surface area contributed by atoms with E-state index in [1.807, 2.05) is 0 Å². The third kappa shape index (κ3) is 2.05. The van der Waals surface area contributed by atoms with Gasteiger partial charge in [0.05, 0.1) is 0 Å². The highest BCUT2D eigenvalue weighted by molar-refractivity contribution is 5.14. The van der Waals surface area contributed by atoms with Gasteiger partial charge >= 0.3 is 0 Å². The lowest BCUT2D eigenvalue weighted by Gasteiger charge is -2.55. The maximum Gasteiger partial charge on any atom is 0.0140 e. The van der Waals surface area contributed by atoms with Gasteiger partial charge in [-0.1, -0.05) is 11.6 Å². The van der Waals surface area contributed by atoms with Gasteiger partial charge in [-0.25, -0.2) is 0 Å². The van der Waals surface area contributed by atoms with Crippen molar-refractivity contribution in [1.29, 1.82) is 0 Å². The smallest absolute Gasteiger partial charge is 0.0140 e. The summed E-state index contributed by atoms with van der Waals surface area (Å²) in [5.74, 6) is 5.29. The minimum Gasteiger partial charge on any atom is -0.311 e. The van der Waals surface area contributed by atoms with Crippen LogP contribution in [0.25, 0.3) is 0 Å². The normalized spacial score (nSPS) is 46.7. The van der Waals surface area contributed by atoms with Crippen LogP contribution in [0.5, 0.6) is 0 Å². The van der Waals surface area contributed by atoms with Gasteiger partial charge in [0.2, 0.25) is 0 Å². The van der Waals surface area contributed by atoms with Crippen LogP contribution in [0.4, 0.5) is 0 Å². The fourth-order valence-corrected chi connectivity index (χ4v) is 5.48. The molecule has 0 saturated heterocycles. The van der Waals surface area contributed by atoms with Crippen LogP contribution in [0.3, 0.4) is 0 Å². The Bertz CT molecular complexity index is 325. The zero-order chi connectivity index (χ0) is 12.1. The van der Waals surface area contributed by atoms with Crippen molar-refractivity contribution < 1.29 is 0 Å². The molecule has 100 valence electrons. The molecule has 0 aromatic heterocycles. The molecule has 0 radical (unpaired) electrons. The first-order valence-electron chi connectivity index (χ1n) is 8.19. The molecular weight excluding hydrogens is 218 g/mol. The van der Waals surface area contributed by atoms with E-state index in [1.165, 1.54) is 12.8 Å². The van der Waals surface area contributed by atoms with Crippen LogP contribution in [0, 0.1) is 29.6 Å². The minimum absolute atomic E-state index is 0.854. The predicted octanol–water partition coefficient (Wildman–Crippen LogP) is 3.76. The molecule has 1 N–H and O–H groups in total. The van der Waals surface area contributed by atoms with Crippen molar-refractivity contribution in [2.75, 3.05) is 6.54 Å². The Kier molecular flexibility index (Phi) is 2.80. The summed E-state index contributed by atoms with van der Waals surface area (Å²) < 4.78 is 0. The molecule has 0 heterocycles. The molecule has 0 amide bonds. The van der Waals surface area contributed by atoms with Crippen LogP contribution in [-0.4, -0.2) is 12.6 Å². The van der Waals surface area contributed by atoms with E-state index in [-0.39, 0.29) is 0 Å². The number of hydrogen-bond donors (Lipinski definition) is 1. The summed E-state index contributed by atoms with van der Waals surface area (Å²) in [4.78, 5) is 0. The van der Waals surface area contributed by atoms with Crippen molar-refractivity contribution in [3.8, 4) is 0 Å². The highest BCUT2D eigenvalue weighted by atomic mass is 14.9. The van der Waals surface area contributed by atoms with Gasteiger partial charge in [-0.05, 0) is 81.5 Å². The van der Waals surface area contributed by atoms with E-state index in [0.29, 0.717) is 0 Å². The number of allylic oxidation sites excluding steroid dienone is 1. The minimum atomic E-state index is 0.854. The molecule has 1 nitrogen and oxygen atoms in total. The topological polar surface area (TPSA) is 12.0 Å². The molecule has 1 heteroatoms. The molecule has 0 aliphatic heterocycles. The Morgan fingerprint density at radius 2 is 1.61 bits per heavy atom. The van der Waals surface area contributed by atoms with E-state index in [0.717, 1.165) is 42.2 Å². The molecule has 5 aliphatic carbocycles. The van der Waals surface area contributed by atoms with Crippen LogP contribution in [0.2, 0.25) is 0 Å². The largest absolute Gasteiger partial charge is 0.311 e. The summed E-state index contributed by atoms with van der Waals surface area (Å²) in [5.41, 5.74) is 1.72. The Morgan fingerprint density at radius 3 is 2.17 bits per heavy atom. The highest BCUT2D eigenvalue weighted by Crippen LogP contribution is 2.58. The van der Waals surface area contributed by atoms with Crippen LogP contribution in [0.15, 0.2) is 11.6 Å². The summed E-state index contributed by atoms with van der Waals surface area (Å²) in [7, 11) is 0. The second-order valence-corrected chi connectivity index (χ2v) is 7.59. The predicted molar refractivity (Wildman–Crippen MR) is 75.3 cm³/mol. The Labute approximate surface area is 111 Å². The molecule has 4 bridgehead atoms. The lowest BCUT2D eigenvalue weighted by molar-refractivity contribution is -0.0208. The lowest BCUT2D eigenvalue weighted by atomic mass is 9.50. The monoisotopic (exact) mass is 245 g/mol. The van der Waals surface area contributed by atoms with E-state index in [1.54, 1.807) is 37.7 Å². The number of hydrogen-bond acceptors (Lipinski definition) is 1. The third-order valence-electron chi connectivity index (χ3n) is 6.16. The van der Waals surface area contributed by atoms with Crippen molar-refractivity contribution >= 4 is 0 Å². The maximum atomic E-state index is 3.63. The summed E-state index contributed by atoms with van der Waals surface area (Å²) in [6.45, 7) is 3.54. The van der Waals surface area contributed by atoms with Crippen LogP contribution in [-0.2, 0) is 0 Å². The van der Waals surface area contributed by atoms with Crippen molar-refractivity contribution in [1.82, 2.24) is 5.32 Å². The van der Waals surface area contributed by atoms with Crippen molar-refractivity contribution in [3.63, 3.8) is 0 Å². The van der Waals surface area contributed by atoms with E-state index in [4.69, 9.17) is 0 Å². The fourth-order valence-electron chi connectivity index (χ4n) is 5.48. The molecule has 5 saturated carbocycles. The zero-order valence-corrected chi connectivity index (χ0v) is 11.7. The summed E-state index contributed by atoms with van der Waals surface area (Å²) in [5, 5.41) is 3.63. The molecule has 5 aliphatic rings. The summed E-state index contributed by atoms with van der Waals surface area (Å²) in [6.07, 6.45) is 13.1. The molecular formula is C17H27N. The Hall–Kier alpha value is -0.300. The van der Waals surface area contributed by atoms with Gasteiger partial charge in [0.1, 0.15) is 0 Å². The van der Waals surface area contributed by atoms with Gasteiger partial charge in [-0.3, -0.25) is 0 Å². The van der Waals surface area contributed by atoms with E-state index < -0.39 is 0 Å². The van der Waals surface area contributed by atoms with Gasteiger partial charge < -0.3 is 5.32 Å². The number of rotatable bonds is 4. The van der Waals surface area contributed by atoms with Gasteiger partial charge in [0.15, 0.2) is 0 Å². The molecule has 18 heavy (non-hydrogen) atoms. The van der Waals surface area contributed by atoms with Crippen LogP contribution < -0.4 is 5.32 Å². The van der Waals surface area contributed by atoms with Crippen molar-refractivity contribution in [2.45, 2.75) is 57.9 Å². The fraction of sp³-hybridized carbons (Fsp3) is 0.882. The molecule has 5 rings (SSSR count). The van der Waals surface area contributed by atoms with E-state index in [9.17, 15) is 0 Å². The first-order chi connectivity index (χ1) is 8.79. The average Bonchev–Trinajstić information content (AvgIpc) is 3.11. The zero-order valence-electron chi connectivity index (χ0n) is 11.7. The van der Waals surface area contributed by atoms with Gasteiger partial charge in [0.25, 0.3) is 0 Å². The first kappa shape index (κ1) is 11.5. The van der Waals surface area contributed by atoms with Crippen LogP contribution >= 0.6 is 0 Å². The van der Waals surface area contributed by atoms with Crippen molar-refractivity contribution in [2.24, 2.45) is 29.6 Å². The maximum absolute atomic E-state index is 3.63. The number of nitrogens with one attached hydrogen (secondary N) is 1. The first-order valence-corrected chi connectivity index (χ1v) is 8.19. The second kappa shape index (κ2) is 4.37. The van der Waals surface area contributed by atoms with E-state index in [2.05, 4.69) is 18.3 Å². The summed E-state index contributed by atoms with van der Waals surface area (Å²) >= 11 is 0. The Morgan fingerprint density at radius 1 is 1.00 bits per heavy atom. The molecule has 5 fully saturated rings. The molecule has 0 spiro atoms.